The van der Waals surface area contributed by atoms with E-state index in [0.717, 1.165) is 20.9 Å². The quantitative estimate of drug-likeness (QED) is 0.854. The van der Waals surface area contributed by atoms with E-state index in [1.807, 2.05) is 36.4 Å². The van der Waals surface area contributed by atoms with Gasteiger partial charge in [0.1, 0.15) is 0 Å². The van der Waals surface area contributed by atoms with Gasteiger partial charge in [0.05, 0.1) is 0 Å². The van der Waals surface area contributed by atoms with Crippen LogP contribution < -0.4 is 5.32 Å². The number of carbonyl (C=O) groups is 1. The number of halogens is 1. The Balaban J connectivity index is 2.32. The molecule has 0 aliphatic carbocycles. The number of hydrogen-bond donors (Lipinski definition) is 1. The van der Waals surface area contributed by atoms with Gasteiger partial charge in [-0.15, -0.1) is 0 Å². The summed E-state index contributed by atoms with van der Waals surface area (Å²) in [7, 11) is 3.43. The maximum atomic E-state index is 11.5. The summed E-state index contributed by atoms with van der Waals surface area (Å²) >= 11 is 3.43. The van der Waals surface area contributed by atoms with Crippen molar-refractivity contribution in [1.29, 1.82) is 0 Å². The molecular weight excluding hydrogens is 280 g/mol. The van der Waals surface area contributed by atoms with E-state index in [9.17, 15) is 4.79 Å². The third kappa shape index (κ3) is 2.77. The van der Waals surface area contributed by atoms with E-state index < -0.39 is 0 Å². The van der Waals surface area contributed by atoms with Crippen LogP contribution in [0.15, 0.2) is 40.9 Å². The van der Waals surface area contributed by atoms with Crippen LogP contribution in [0.3, 0.4) is 0 Å². The number of nitrogens with zero attached hydrogens (tertiary/aromatic N) is 1. The van der Waals surface area contributed by atoms with Crippen LogP contribution in [0.5, 0.6) is 0 Å². The van der Waals surface area contributed by atoms with Crippen molar-refractivity contribution in [2.75, 3.05) is 19.4 Å². The van der Waals surface area contributed by atoms with Crippen LogP contribution in [0.1, 0.15) is 0 Å². The van der Waals surface area contributed by atoms with E-state index >= 15 is 0 Å². The molecule has 88 valence electrons. The van der Waals surface area contributed by atoms with Crippen LogP contribution in [0.4, 0.5) is 10.5 Å². The van der Waals surface area contributed by atoms with Gasteiger partial charge in [-0.05, 0) is 35.0 Å². The molecule has 0 saturated carbocycles. The molecule has 2 rings (SSSR count). The highest BCUT2D eigenvalue weighted by molar-refractivity contribution is 9.10. The Morgan fingerprint density at radius 1 is 1.12 bits per heavy atom. The van der Waals surface area contributed by atoms with Crippen molar-refractivity contribution < 1.29 is 4.79 Å². The van der Waals surface area contributed by atoms with Gasteiger partial charge in [0.25, 0.3) is 0 Å². The topological polar surface area (TPSA) is 32.3 Å². The molecule has 2 aromatic carbocycles. The fourth-order valence-electron chi connectivity index (χ4n) is 1.53. The SMILES string of the molecule is CN(C)C(=O)Nc1ccc2cc(Br)ccc2c1. The molecule has 0 atom stereocenters. The molecular formula is C13H13BrN2O. The highest BCUT2D eigenvalue weighted by Gasteiger charge is 2.04. The zero-order valence-corrected chi connectivity index (χ0v) is 11.3. The first kappa shape index (κ1) is 11.9. The lowest BCUT2D eigenvalue weighted by atomic mass is 10.1. The number of hydrogen-bond acceptors (Lipinski definition) is 1. The Labute approximate surface area is 109 Å². The van der Waals surface area contributed by atoms with Crippen molar-refractivity contribution in [1.82, 2.24) is 4.90 Å². The van der Waals surface area contributed by atoms with E-state index in [1.165, 1.54) is 4.90 Å². The average molecular weight is 293 g/mol. The molecule has 0 heterocycles. The molecule has 0 spiro atoms. The van der Waals surface area contributed by atoms with E-state index in [1.54, 1.807) is 14.1 Å². The summed E-state index contributed by atoms with van der Waals surface area (Å²) in [5, 5.41) is 5.07. The van der Waals surface area contributed by atoms with Crippen LogP contribution in [0, 0.1) is 0 Å². The smallest absolute Gasteiger partial charge is 0.321 e. The van der Waals surface area contributed by atoms with Crippen molar-refractivity contribution >= 4 is 38.4 Å². The molecule has 2 aromatic rings. The number of benzene rings is 2. The molecule has 0 aromatic heterocycles. The summed E-state index contributed by atoms with van der Waals surface area (Å²) in [5.41, 5.74) is 0.804. The summed E-state index contributed by atoms with van der Waals surface area (Å²) in [6.45, 7) is 0. The zero-order chi connectivity index (χ0) is 12.4. The molecule has 0 saturated heterocycles. The first-order valence-corrected chi connectivity index (χ1v) is 6.03. The first-order valence-electron chi connectivity index (χ1n) is 5.24. The fourth-order valence-corrected chi connectivity index (χ4v) is 1.91. The van der Waals surface area contributed by atoms with E-state index in [2.05, 4.69) is 21.2 Å². The minimum Gasteiger partial charge on any atom is -0.331 e. The molecule has 17 heavy (non-hydrogen) atoms. The van der Waals surface area contributed by atoms with Crippen LogP contribution in [-0.4, -0.2) is 25.0 Å². The van der Waals surface area contributed by atoms with Gasteiger partial charge in [0, 0.05) is 24.3 Å². The molecule has 2 amide bonds. The summed E-state index contributed by atoms with van der Waals surface area (Å²) in [6, 6.07) is 11.8. The normalized spacial score (nSPS) is 10.3. The number of fused-ring (bicyclic) bond motifs is 1. The number of carbonyl (C=O) groups excluding carboxylic acids is 1. The van der Waals surface area contributed by atoms with Gasteiger partial charge in [0.2, 0.25) is 0 Å². The first-order chi connectivity index (χ1) is 8.06. The minimum atomic E-state index is -0.124. The maximum Gasteiger partial charge on any atom is 0.321 e. The number of nitrogens with one attached hydrogen (secondary N) is 1. The van der Waals surface area contributed by atoms with Crippen molar-refractivity contribution in [3.05, 3.63) is 40.9 Å². The molecule has 0 aliphatic heterocycles. The Morgan fingerprint density at radius 3 is 2.47 bits per heavy atom. The van der Waals surface area contributed by atoms with E-state index in [4.69, 9.17) is 0 Å². The number of rotatable bonds is 1. The van der Waals surface area contributed by atoms with Crippen molar-refractivity contribution in [3.8, 4) is 0 Å². The monoisotopic (exact) mass is 292 g/mol. The largest absolute Gasteiger partial charge is 0.331 e. The molecule has 4 heteroatoms. The fraction of sp³-hybridized carbons (Fsp3) is 0.154. The summed E-state index contributed by atoms with van der Waals surface area (Å²) < 4.78 is 1.05. The second kappa shape index (κ2) is 4.75. The molecule has 0 aliphatic rings. The average Bonchev–Trinajstić information content (AvgIpc) is 2.29. The molecule has 0 unspecified atom stereocenters. The highest BCUT2D eigenvalue weighted by Crippen LogP contribution is 2.22. The maximum absolute atomic E-state index is 11.5. The van der Waals surface area contributed by atoms with Gasteiger partial charge in [-0.2, -0.15) is 0 Å². The summed E-state index contributed by atoms with van der Waals surface area (Å²) in [6.07, 6.45) is 0. The van der Waals surface area contributed by atoms with Gasteiger partial charge in [0.15, 0.2) is 0 Å². The van der Waals surface area contributed by atoms with Gasteiger partial charge in [-0.3, -0.25) is 0 Å². The Bertz CT molecular complexity index is 566. The number of urea groups is 1. The van der Waals surface area contributed by atoms with Gasteiger partial charge >= 0.3 is 6.03 Å². The molecule has 3 nitrogen and oxygen atoms in total. The lowest BCUT2D eigenvalue weighted by Gasteiger charge is -2.12. The van der Waals surface area contributed by atoms with Crippen molar-refractivity contribution in [2.45, 2.75) is 0 Å². The van der Waals surface area contributed by atoms with Crippen LogP contribution >= 0.6 is 15.9 Å². The molecule has 0 bridgehead atoms. The number of amides is 2. The van der Waals surface area contributed by atoms with Crippen LogP contribution in [-0.2, 0) is 0 Å². The third-order valence-corrected chi connectivity index (χ3v) is 2.95. The molecule has 0 radical (unpaired) electrons. The Hall–Kier alpha value is -1.55. The van der Waals surface area contributed by atoms with Crippen LogP contribution in [0.2, 0.25) is 0 Å². The second-order valence-corrected chi connectivity index (χ2v) is 4.95. The van der Waals surface area contributed by atoms with Gasteiger partial charge in [-0.25, -0.2) is 4.79 Å². The lowest BCUT2D eigenvalue weighted by molar-refractivity contribution is 0.230. The minimum absolute atomic E-state index is 0.124. The van der Waals surface area contributed by atoms with Crippen molar-refractivity contribution in [2.24, 2.45) is 0 Å². The van der Waals surface area contributed by atoms with E-state index in [-0.39, 0.29) is 6.03 Å². The summed E-state index contributed by atoms with van der Waals surface area (Å²) in [4.78, 5) is 13.0. The molecule has 1 N–H and O–H groups in total. The van der Waals surface area contributed by atoms with E-state index in [0.29, 0.717) is 0 Å². The Kier molecular flexibility index (Phi) is 3.33. The second-order valence-electron chi connectivity index (χ2n) is 4.03. The number of anilines is 1. The van der Waals surface area contributed by atoms with Crippen molar-refractivity contribution in [3.63, 3.8) is 0 Å². The predicted molar refractivity (Wildman–Crippen MR) is 74.4 cm³/mol. The van der Waals surface area contributed by atoms with Crippen LogP contribution in [0.25, 0.3) is 10.8 Å². The predicted octanol–water partition coefficient (Wildman–Crippen LogP) is 3.70. The van der Waals surface area contributed by atoms with Gasteiger partial charge < -0.3 is 10.2 Å². The zero-order valence-electron chi connectivity index (χ0n) is 9.70. The molecule has 0 fully saturated rings. The lowest BCUT2D eigenvalue weighted by Crippen LogP contribution is -2.27. The van der Waals surface area contributed by atoms with Gasteiger partial charge in [-0.1, -0.05) is 28.1 Å². The standard InChI is InChI=1S/C13H13BrN2O/c1-16(2)13(17)15-12-6-4-9-7-11(14)5-3-10(9)8-12/h3-8H,1-2H3,(H,15,17). The third-order valence-electron chi connectivity index (χ3n) is 2.46. The Morgan fingerprint density at radius 2 is 1.76 bits per heavy atom. The summed E-state index contributed by atoms with van der Waals surface area (Å²) in [5.74, 6) is 0. The highest BCUT2D eigenvalue weighted by atomic mass is 79.9.